The number of hydrogen-bond donors (Lipinski definition) is 0. The van der Waals surface area contributed by atoms with Crippen molar-refractivity contribution in [3.63, 3.8) is 0 Å². The van der Waals surface area contributed by atoms with Crippen molar-refractivity contribution in [2.24, 2.45) is 0 Å². The van der Waals surface area contributed by atoms with Crippen molar-refractivity contribution in [3.05, 3.63) is 56.7 Å². The van der Waals surface area contributed by atoms with Gasteiger partial charge in [-0.05, 0) is 35.1 Å². The molecule has 102 valence electrons. The van der Waals surface area contributed by atoms with Crippen molar-refractivity contribution in [1.29, 1.82) is 0 Å². The minimum atomic E-state index is 0.878. The first kappa shape index (κ1) is 15.1. The van der Waals surface area contributed by atoms with Crippen molar-refractivity contribution < 1.29 is 0 Å². The molecule has 0 spiro atoms. The van der Waals surface area contributed by atoms with E-state index in [1.54, 1.807) is 4.88 Å². The molecule has 1 aliphatic heterocycles. The number of hydrogen-bond acceptors (Lipinski definition) is 2. The van der Waals surface area contributed by atoms with Crippen LogP contribution in [-0.2, 0) is 19.5 Å². The first-order chi connectivity index (χ1) is 9.33. The maximum atomic E-state index is 6.20. The fourth-order valence-corrected chi connectivity index (χ4v) is 3.39. The highest BCUT2D eigenvalue weighted by Crippen LogP contribution is 2.26. The van der Waals surface area contributed by atoms with E-state index in [1.807, 2.05) is 23.5 Å². The zero-order valence-corrected chi connectivity index (χ0v) is 13.4. The van der Waals surface area contributed by atoms with Crippen LogP contribution in [0.4, 0.5) is 0 Å². The Morgan fingerprint density at radius 3 is 2.74 bits per heavy atom. The van der Waals surface area contributed by atoms with Crippen LogP contribution < -0.4 is 0 Å². The van der Waals surface area contributed by atoms with Crippen LogP contribution in [0.15, 0.2) is 35.7 Å². The van der Waals surface area contributed by atoms with Crippen molar-refractivity contribution in [1.82, 2.24) is 4.90 Å². The zero-order chi connectivity index (χ0) is 13.7. The number of halogens is 3. The second-order valence-electron chi connectivity index (χ2n) is 4.42. The van der Waals surface area contributed by atoms with Crippen LogP contribution in [0.25, 0.3) is 0 Å². The quantitative estimate of drug-likeness (QED) is 0.716. The maximum Gasteiger partial charge on any atom is 0.0451 e. The molecule has 0 bridgehead atoms. The Morgan fingerprint density at radius 2 is 1.95 bits per heavy atom. The Balaban J connectivity index is 0.000000637. The van der Waals surface area contributed by atoms with Crippen LogP contribution in [0.2, 0.25) is 5.02 Å². The smallest absolute Gasteiger partial charge is 0.0451 e. The van der Waals surface area contributed by atoms with E-state index in [0.29, 0.717) is 0 Å². The Bertz CT molecular complexity index is 527. The van der Waals surface area contributed by atoms with Crippen LogP contribution in [0, 0.1) is 0 Å². The summed E-state index contributed by atoms with van der Waals surface area (Å²) < 4.78 is 0. The Morgan fingerprint density at radius 1 is 1.16 bits per heavy atom. The summed E-state index contributed by atoms with van der Waals surface area (Å²) in [6, 6.07) is 10.4. The third-order valence-corrected chi connectivity index (χ3v) is 4.63. The van der Waals surface area contributed by atoms with Crippen LogP contribution in [0.3, 0.4) is 0 Å². The summed E-state index contributed by atoms with van der Waals surface area (Å²) in [4.78, 5) is 4.02. The number of rotatable bonds is 2. The van der Waals surface area contributed by atoms with E-state index < -0.39 is 0 Å². The molecule has 0 radical (unpaired) electrons. The highest BCUT2D eigenvalue weighted by Gasteiger charge is 2.17. The lowest BCUT2D eigenvalue weighted by molar-refractivity contribution is 0.247. The molecule has 5 heteroatoms. The number of nitrogens with zero attached hydrogens (tertiary/aromatic N) is 1. The van der Waals surface area contributed by atoms with Gasteiger partial charge < -0.3 is 0 Å². The van der Waals surface area contributed by atoms with Gasteiger partial charge in [0.05, 0.1) is 0 Å². The van der Waals surface area contributed by atoms with Crippen molar-refractivity contribution in [2.75, 3.05) is 6.54 Å². The van der Waals surface area contributed by atoms with Crippen molar-refractivity contribution in [2.45, 2.75) is 19.5 Å². The van der Waals surface area contributed by atoms with Gasteiger partial charge in [-0.25, -0.2) is 0 Å². The first-order valence-corrected chi connectivity index (χ1v) is 8.38. The summed E-state index contributed by atoms with van der Waals surface area (Å²) in [7, 11) is 8.22. The fourth-order valence-electron chi connectivity index (χ4n) is 2.31. The molecular weight excluding hydrogens is 321 g/mol. The van der Waals surface area contributed by atoms with E-state index in [2.05, 4.69) is 50.2 Å². The molecule has 19 heavy (non-hydrogen) atoms. The predicted molar refractivity (Wildman–Crippen MR) is 85.3 cm³/mol. The molecule has 0 aliphatic carbocycles. The highest BCUT2D eigenvalue weighted by atomic mass is 36.5. The highest BCUT2D eigenvalue weighted by molar-refractivity contribution is 7.10. The maximum absolute atomic E-state index is 6.20. The van der Waals surface area contributed by atoms with Gasteiger partial charge in [0.25, 0.3) is 0 Å². The lowest BCUT2D eigenvalue weighted by Gasteiger charge is -2.27. The van der Waals surface area contributed by atoms with Gasteiger partial charge in [0, 0.05) is 51.2 Å². The standard InChI is InChI=1S/C14H14ClNS.Cl2/c15-13-4-2-1-3-11(13)9-16-7-5-14-12(10-16)6-8-17-14;1-2/h1-4,6,8H,5,7,9-10H2;. The Hall–Kier alpha value is -0.250. The van der Waals surface area contributed by atoms with Gasteiger partial charge in [0.15, 0.2) is 0 Å². The van der Waals surface area contributed by atoms with E-state index in [4.69, 9.17) is 11.6 Å². The summed E-state index contributed by atoms with van der Waals surface area (Å²) in [5, 5.41) is 3.08. The second kappa shape index (κ2) is 7.51. The largest absolute Gasteiger partial charge is 0.294 e. The average molecular weight is 335 g/mol. The molecule has 2 aromatic rings. The van der Waals surface area contributed by atoms with Gasteiger partial charge >= 0.3 is 0 Å². The summed E-state index contributed by atoms with van der Waals surface area (Å²) >= 11 is 8.08. The Labute approximate surface area is 132 Å². The molecule has 0 fully saturated rings. The molecular formula is C14H14Cl3NS. The van der Waals surface area contributed by atoms with E-state index >= 15 is 0 Å². The zero-order valence-electron chi connectivity index (χ0n) is 10.3. The minimum absolute atomic E-state index is 0.878. The molecule has 0 amide bonds. The van der Waals surface area contributed by atoms with Crippen LogP contribution >= 0.6 is 44.6 Å². The van der Waals surface area contributed by atoms with Crippen LogP contribution in [-0.4, -0.2) is 11.4 Å². The first-order valence-electron chi connectivity index (χ1n) is 5.98. The molecule has 1 nitrogen and oxygen atoms in total. The molecule has 0 unspecified atom stereocenters. The third-order valence-electron chi connectivity index (χ3n) is 3.24. The summed E-state index contributed by atoms with van der Waals surface area (Å²) in [5.41, 5.74) is 2.72. The van der Waals surface area contributed by atoms with Gasteiger partial charge in [0.2, 0.25) is 0 Å². The van der Waals surface area contributed by atoms with Crippen molar-refractivity contribution >= 4 is 44.6 Å². The van der Waals surface area contributed by atoms with Crippen LogP contribution in [0.1, 0.15) is 16.0 Å². The molecule has 1 aromatic carbocycles. The van der Waals surface area contributed by atoms with E-state index in [9.17, 15) is 0 Å². The van der Waals surface area contributed by atoms with E-state index in [1.165, 1.54) is 17.5 Å². The molecule has 1 aromatic heterocycles. The SMILES string of the molecule is ClCl.Clc1ccccc1CN1CCc2sccc2C1. The van der Waals surface area contributed by atoms with Crippen LogP contribution in [0.5, 0.6) is 0 Å². The minimum Gasteiger partial charge on any atom is -0.294 e. The fraction of sp³-hybridized carbons (Fsp3) is 0.286. The topological polar surface area (TPSA) is 3.24 Å². The number of benzene rings is 1. The van der Waals surface area contributed by atoms with Gasteiger partial charge in [0.1, 0.15) is 0 Å². The van der Waals surface area contributed by atoms with E-state index in [0.717, 1.165) is 24.7 Å². The molecule has 3 rings (SSSR count). The normalized spacial score (nSPS) is 14.5. The van der Waals surface area contributed by atoms with Crippen molar-refractivity contribution in [3.8, 4) is 0 Å². The second-order valence-corrected chi connectivity index (χ2v) is 5.83. The molecule has 0 saturated heterocycles. The molecule has 2 heterocycles. The third kappa shape index (κ3) is 3.87. The summed E-state index contributed by atoms with van der Waals surface area (Å²) in [6.07, 6.45) is 1.18. The lowest BCUT2D eigenvalue weighted by Crippen LogP contribution is -2.29. The number of fused-ring (bicyclic) bond motifs is 1. The molecule has 0 saturated carbocycles. The molecule has 0 N–H and O–H groups in total. The van der Waals surface area contributed by atoms with Gasteiger partial charge in [-0.3, -0.25) is 4.90 Å². The van der Waals surface area contributed by atoms with E-state index in [-0.39, 0.29) is 0 Å². The van der Waals surface area contributed by atoms with Gasteiger partial charge in [-0.2, -0.15) is 0 Å². The monoisotopic (exact) mass is 333 g/mol. The predicted octanol–water partition coefficient (Wildman–Crippen LogP) is 5.34. The molecule has 1 aliphatic rings. The van der Waals surface area contributed by atoms with Gasteiger partial charge in [-0.1, -0.05) is 29.8 Å². The lowest BCUT2D eigenvalue weighted by atomic mass is 10.1. The Kier molecular flexibility index (Phi) is 5.99. The number of thiophene rings is 1. The average Bonchev–Trinajstić information content (AvgIpc) is 2.91. The summed E-state index contributed by atoms with van der Waals surface area (Å²) in [5.74, 6) is 0. The summed E-state index contributed by atoms with van der Waals surface area (Å²) in [6.45, 7) is 3.15. The van der Waals surface area contributed by atoms with Gasteiger partial charge in [-0.15, -0.1) is 11.3 Å². The molecule has 0 atom stereocenters.